The molecule has 1 unspecified atom stereocenters. The fraction of sp³-hybridized carbons (Fsp3) is 0.343. The van der Waals surface area contributed by atoms with Gasteiger partial charge in [-0.3, -0.25) is 9.00 Å². The largest absolute Gasteiger partial charge is 0.495 e. The van der Waals surface area contributed by atoms with Gasteiger partial charge in [-0.25, -0.2) is 0 Å². The van der Waals surface area contributed by atoms with Crippen molar-refractivity contribution in [2.24, 2.45) is 0 Å². The Bertz CT molecular complexity index is 1680. The Balaban J connectivity index is 1.33. The summed E-state index contributed by atoms with van der Waals surface area (Å²) in [5, 5.41) is 2.84. The van der Waals surface area contributed by atoms with Gasteiger partial charge in [-0.1, -0.05) is 71.7 Å². The molecule has 0 spiro atoms. The molecule has 1 saturated heterocycles. The van der Waals surface area contributed by atoms with Gasteiger partial charge in [0, 0.05) is 30.7 Å². The van der Waals surface area contributed by atoms with E-state index in [9.17, 15) is 9.00 Å². The molecular formula is C35H37BrCl2N2O3S. The summed E-state index contributed by atoms with van der Waals surface area (Å²) in [6.45, 7) is 3.34. The first-order valence-electron chi connectivity index (χ1n) is 14.8. The first-order chi connectivity index (χ1) is 21.2. The zero-order valence-corrected chi connectivity index (χ0v) is 29.1. The number of amides is 1. The van der Waals surface area contributed by atoms with Crippen LogP contribution in [0.1, 0.15) is 52.6 Å². The number of benzene rings is 4. The third-order valence-electron chi connectivity index (χ3n) is 8.68. The Kier molecular flexibility index (Phi) is 11.1. The molecule has 1 aliphatic heterocycles. The first kappa shape index (κ1) is 33.0. The summed E-state index contributed by atoms with van der Waals surface area (Å²) in [6, 6.07) is 23.8. The van der Waals surface area contributed by atoms with Gasteiger partial charge in [0.25, 0.3) is 5.91 Å². The van der Waals surface area contributed by atoms with Gasteiger partial charge in [-0.15, -0.1) is 0 Å². The minimum atomic E-state index is -0.997. The molecule has 5 nitrogen and oxygen atoms in total. The number of hydrogen-bond donors (Lipinski definition) is 0. The van der Waals surface area contributed by atoms with Crippen LogP contribution in [0.25, 0.3) is 10.8 Å². The zero-order valence-electron chi connectivity index (χ0n) is 25.2. The molecule has 1 fully saturated rings. The summed E-state index contributed by atoms with van der Waals surface area (Å²) in [5.74, 6) is 0.889. The second kappa shape index (κ2) is 14.8. The number of likely N-dealkylation sites (N-methyl/N-ethyl adjacent to an activating group) is 1. The van der Waals surface area contributed by atoms with Crippen molar-refractivity contribution in [1.82, 2.24) is 9.80 Å². The van der Waals surface area contributed by atoms with E-state index in [2.05, 4.69) is 26.9 Å². The summed E-state index contributed by atoms with van der Waals surface area (Å²) in [5.41, 5.74) is 2.82. The van der Waals surface area contributed by atoms with Crippen LogP contribution < -0.4 is 4.74 Å². The van der Waals surface area contributed by atoms with Crippen LogP contribution in [-0.4, -0.2) is 66.5 Å². The molecule has 0 bridgehead atoms. The Labute approximate surface area is 281 Å². The van der Waals surface area contributed by atoms with Gasteiger partial charge in [0.1, 0.15) is 5.75 Å². The molecule has 44 heavy (non-hydrogen) atoms. The Hall–Kier alpha value is -2.42. The SMILES string of the molecule is COc1c(Br)cc2ccccc2c1C(=O)N(C)C[C@@H](CCN1CCC(c2ccccc2S(C)=O)CC1)c1ccc(Cl)c(Cl)c1. The highest BCUT2D eigenvalue weighted by atomic mass is 79.9. The van der Waals surface area contributed by atoms with Gasteiger partial charge in [-0.2, -0.15) is 0 Å². The number of carbonyl (C=O) groups is 1. The summed E-state index contributed by atoms with van der Waals surface area (Å²) in [7, 11) is 2.44. The normalized spacial score (nSPS) is 15.7. The van der Waals surface area contributed by atoms with Crippen molar-refractivity contribution in [3.63, 3.8) is 0 Å². The van der Waals surface area contributed by atoms with Crippen molar-refractivity contribution in [3.8, 4) is 5.75 Å². The first-order valence-corrected chi connectivity index (χ1v) is 17.9. The number of fused-ring (bicyclic) bond motifs is 1. The molecular weight excluding hydrogens is 679 g/mol. The molecule has 0 radical (unpaired) electrons. The van der Waals surface area contributed by atoms with Gasteiger partial charge in [0.2, 0.25) is 0 Å². The van der Waals surface area contributed by atoms with E-state index < -0.39 is 10.8 Å². The average molecular weight is 717 g/mol. The van der Waals surface area contributed by atoms with Gasteiger partial charge in [0.05, 0.1) is 38.0 Å². The maximum Gasteiger partial charge on any atom is 0.258 e. The number of hydrogen-bond acceptors (Lipinski definition) is 4. The minimum absolute atomic E-state index is 0.0455. The van der Waals surface area contributed by atoms with Crippen LogP contribution in [0.15, 0.2) is 82.2 Å². The van der Waals surface area contributed by atoms with Crippen molar-refractivity contribution in [1.29, 1.82) is 0 Å². The highest BCUT2D eigenvalue weighted by molar-refractivity contribution is 9.10. The lowest BCUT2D eigenvalue weighted by molar-refractivity contribution is 0.0780. The molecule has 2 atom stereocenters. The molecule has 9 heteroatoms. The molecule has 232 valence electrons. The van der Waals surface area contributed by atoms with E-state index in [-0.39, 0.29) is 11.8 Å². The van der Waals surface area contributed by atoms with Crippen molar-refractivity contribution in [3.05, 3.63) is 104 Å². The van der Waals surface area contributed by atoms with Gasteiger partial charge in [-0.05, 0) is 107 Å². The quantitative estimate of drug-likeness (QED) is 0.165. The topological polar surface area (TPSA) is 49.9 Å². The van der Waals surface area contributed by atoms with Gasteiger partial charge < -0.3 is 14.5 Å². The maximum absolute atomic E-state index is 14.1. The van der Waals surface area contributed by atoms with Crippen molar-refractivity contribution in [2.45, 2.75) is 36.0 Å². The number of likely N-dealkylation sites (tertiary alicyclic amines) is 1. The second-order valence-corrected chi connectivity index (χ2v) is 14.5. The van der Waals surface area contributed by atoms with E-state index in [1.165, 1.54) is 5.56 Å². The highest BCUT2D eigenvalue weighted by Gasteiger charge is 2.27. The molecule has 0 aliphatic carbocycles. The lowest BCUT2D eigenvalue weighted by Crippen LogP contribution is -2.36. The standard InChI is InChI=1S/C35H37BrCl2N2O3S/c1-39(35(41)33-28-10-5-4-8-25(28)20-29(36)34(33)43-2)22-26(24-12-13-30(37)31(38)21-24)16-19-40-17-14-23(15-18-40)27-9-6-7-11-32(27)44(3)42/h4-13,20-21,23,26H,14-19,22H2,1-3H3/t26-,44?/m1/s1. The van der Waals surface area contributed by atoms with Gasteiger partial charge >= 0.3 is 0 Å². The number of piperidine rings is 1. The summed E-state index contributed by atoms with van der Waals surface area (Å²) >= 11 is 16.3. The third-order valence-corrected chi connectivity index (χ3v) is 11.0. The van der Waals surface area contributed by atoms with E-state index in [0.717, 1.165) is 64.6 Å². The lowest BCUT2D eigenvalue weighted by Gasteiger charge is -2.34. The molecule has 1 aliphatic rings. The third kappa shape index (κ3) is 7.34. The van der Waals surface area contributed by atoms with Crippen LogP contribution in [0.3, 0.4) is 0 Å². The number of halogens is 3. The smallest absolute Gasteiger partial charge is 0.258 e. The van der Waals surface area contributed by atoms with Crippen LogP contribution in [0.4, 0.5) is 0 Å². The summed E-state index contributed by atoms with van der Waals surface area (Å²) in [4.78, 5) is 19.3. The number of methoxy groups -OCH3 is 1. The van der Waals surface area contributed by atoms with E-state index in [4.69, 9.17) is 27.9 Å². The van der Waals surface area contributed by atoms with E-state index in [1.807, 2.05) is 73.8 Å². The van der Waals surface area contributed by atoms with E-state index in [0.29, 0.717) is 33.8 Å². The van der Waals surface area contributed by atoms with Crippen LogP contribution in [0, 0.1) is 0 Å². The predicted molar refractivity (Wildman–Crippen MR) is 186 cm³/mol. The van der Waals surface area contributed by atoms with E-state index in [1.54, 1.807) is 18.3 Å². The lowest BCUT2D eigenvalue weighted by atomic mass is 9.88. The number of carbonyl (C=O) groups excluding carboxylic acids is 1. The molecule has 0 saturated carbocycles. The van der Waals surface area contributed by atoms with Crippen molar-refractivity contribution in [2.75, 3.05) is 46.6 Å². The van der Waals surface area contributed by atoms with Crippen LogP contribution in [-0.2, 0) is 10.8 Å². The molecule has 5 rings (SSSR count). The molecule has 1 heterocycles. The maximum atomic E-state index is 14.1. The average Bonchev–Trinajstić information content (AvgIpc) is 3.03. The monoisotopic (exact) mass is 714 g/mol. The molecule has 4 aromatic carbocycles. The summed E-state index contributed by atoms with van der Waals surface area (Å²) in [6.07, 6.45) is 4.67. The predicted octanol–water partition coefficient (Wildman–Crippen LogP) is 8.78. The number of rotatable bonds is 10. The van der Waals surface area contributed by atoms with Gasteiger partial charge in [0.15, 0.2) is 0 Å². The van der Waals surface area contributed by atoms with E-state index >= 15 is 0 Å². The Morgan fingerprint density at radius 1 is 1.05 bits per heavy atom. The highest BCUT2D eigenvalue weighted by Crippen LogP contribution is 2.37. The summed E-state index contributed by atoms with van der Waals surface area (Å²) < 4.78 is 18.8. The second-order valence-electron chi connectivity index (χ2n) is 11.4. The number of ether oxygens (including phenoxy) is 1. The van der Waals surface area contributed by atoms with Crippen LogP contribution >= 0.6 is 39.1 Å². The minimum Gasteiger partial charge on any atom is -0.495 e. The fourth-order valence-electron chi connectivity index (χ4n) is 6.33. The van der Waals surface area contributed by atoms with Crippen molar-refractivity contribution < 1.29 is 13.7 Å². The zero-order chi connectivity index (χ0) is 31.4. The van der Waals surface area contributed by atoms with Crippen LogP contribution in [0.5, 0.6) is 5.75 Å². The molecule has 0 N–H and O–H groups in total. The van der Waals surface area contributed by atoms with Crippen LogP contribution in [0.2, 0.25) is 10.0 Å². The molecule has 1 amide bonds. The Morgan fingerprint density at radius 2 is 1.75 bits per heavy atom. The van der Waals surface area contributed by atoms with Crippen molar-refractivity contribution >= 4 is 66.6 Å². The Morgan fingerprint density at radius 3 is 2.45 bits per heavy atom. The molecule has 0 aromatic heterocycles. The number of nitrogens with zero attached hydrogens (tertiary/aromatic N) is 2. The fourth-order valence-corrected chi connectivity index (χ4v) is 8.08. The molecule has 4 aromatic rings.